The fraction of sp³-hybridized carbons (Fsp3) is 0.0769. The zero-order valence-electron chi connectivity index (χ0n) is 9.23. The smallest absolute Gasteiger partial charge is 0.206 e. The van der Waals surface area contributed by atoms with Gasteiger partial charge in [-0.15, -0.1) is 0 Å². The van der Waals surface area contributed by atoms with Crippen LogP contribution in [0.4, 0.5) is 22.0 Å². The zero-order valence-corrected chi connectivity index (χ0v) is 10.8. The van der Waals surface area contributed by atoms with Crippen LogP contribution in [-0.4, -0.2) is 0 Å². The summed E-state index contributed by atoms with van der Waals surface area (Å²) in [5, 5.41) is 0. The van der Waals surface area contributed by atoms with Crippen LogP contribution in [0.2, 0.25) is 0 Å². The van der Waals surface area contributed by atoms with Crippen molar-refractivity contribution in [1.29, 1.82) is 0 Å². The normalized spacial score (nSPS) is 11.7. The molecule has 0 bridgehead atoms. The minimum Gasteiger partial charge on any atom is -0.206 e. The van der Waals surface area contributed by atoms with Gasteiger partial charge in [-0.25, -0.2) is 8.78 Å². The second kappa shape index (κ2) is 4.92. The first-order valence-corrected chi connectivity index (χ1v) is 5.91. The van der Waals surface area contributed by atoms with Gasteiger partial charge in [-0.3, -0.25) is 0 Å². The van der Waals surface area contributed by atoms with Crippen molar-refractivity contribution in [3.8, 4) is 11.1 Å². The third-order valence-corrected chi connectivity index (χ3v) is 2.97. The summed E-state index contributed by atoms with van der Waals surface area (Å²) in [5.41, 5.74) is -2.27. The van der Waals surface area contributed by atoms with Gasteiger partial charge in [0, 0.05) is 4.47 Å². The van der Waals surface area contributed by atoms with Crippen LogP contribution in [-0.2, 0) is 6.18 Å². The Morgan fingerprint density at radius 3 is 1.95 bits per heavy atom. The molecule has 0 radical (unpaired) electrons. The third kappa shape index (κ3) is 2.78. The van der Waals surface area contributed by atoms with Crippen molar-refractivity contribution in [2.45, 2.75) is 6.18 Å². The van der Waals surface area contributed by atoms with Gasteiger partial charge in [0.05, 0.1) is 11.1 Å². The zero-order chi connectivity index (χ0) is 14.2. The molecule has 0 aromatic heterocycles. The molecule has 0 aliphatic carbocycles. The molecule has 0 unspecified atom stereocenters. The number of rotatable bonds is 1. The standard InChI is InChI=1S/C13H6BrF5/c14-7-5-10(15)12(11(16)6-7)8-3-1-2-4-9(8)13(17,18)19/h1-6H. The van der Waals surface area contributed by atoms with Gasteiger partial charge in [0.2, 0.25) is 0 Å². The van der Waals surface area contributed by atoms with E-state index in [1.165, 1.54) is 12.1 Å². The van der Waals surface area contributed by atoms with Crippen LogP contribution >= 0.6 is 15.9 Å². The summed E-state index contributed by atoms with van der Waals surface area (Å²) in [4.78, 5) is 0. The Morgan fingerprint density at radius 2 is 1.42 bits per heavy atom. The summed E-state index contributed by atoms with van der Waals surface area (Å²) in [7, 11) is 0. The lowest BCUT2D eigenvalue weighted by atomic mass is 9.98. The van der Waals surface area contributed by atoms with Crippen molar-refractivity contribution in [3.05, 3.63) is 58.1 Å². The van der Waals surface area contributed by atoms with Crippen LogP contribution in [0.25, 0.3) is 11.1 Å². The first-order chi connectivity index (χ1) is 8.80. The molecule has 19 heavy (non-hydrogen) atoms. The summed E-state index contributed by atoms with van der Waals surface area (Å²) in [6.45, 7) is 0. The molecule has 2 aromatic carbocycles. The molecular formula is C13H6BrF5. The molecule has 0 spiro atoms. The Labute approximate surface area is 114 Å². The fourth-order valence-corrected chi connectivity index (χ4v) is 2.15. The van der Waals surface area contributed by atoms with Crippen LogP contribution in [0.3, 0.4) is 0 Å². The number of hydrogen-bond acceptors (Lipinski definition) is 0. The number of alkyl halides is 3. The largest absolute Gasteiger partial charge is 0.417 e. The Balaban J connectivity index is 2.74. The van der Waals surface area contributed by atoms with E-state index in [2.05, 4.69) is 15.9 Å². The molecule has 0 atom stereocenters. The molecule has 100 valence electrons. The van der Waals surface area contributed by atoms with Gasteiger partial charge >= 0.3 is 6.18 Å². The quantitative estimate of drug-likeness (QED) is 0.610. The summed E-state index contributed by atoms with van der Waals surface area (Å²) in [5.74, 6) is -2.10. The third-order valence-electron chi connectivity index (χ3n) is 2.51. The minimum absolute atomic E-state index is 0.121. The summed E-state index contributed by atoms with van der Waals surface area (Å²) in [6.07, 6.45) is -4.68. The molecule has 0 saturated carbocycles. The van der Waals surface area contributed by atoms with Gasteiger partial charge in [0.15, 0.2) is 0 Å². The fourth-order valence-electron chi connectivity index (χ4n) is 1.75. The van der Waals surface area contributed by atoms with Gasteiger partial charge in [-0.1, -0.05) is 34.1 Å². The average molecular weight is 337 g/mol. The maximum atomic E-state index is 13.7. The molecule has 2 aromatic rings. The first kappa shape index (κ1) is 14.0. The van der Waals surface area contributed by atoms with E-state index in [0.29, 0.717) is 0 Å². The van der Waals surface area contributed by atoms with Crippen molar-refractivity contribution in [2.75, 3.05) is 0 Å². The Hall–Kier alpha value is -1.43. The van der Waals surface area contributed by atoms with Crippen molar-refractivity contribution in [1.82, 2.24) is 0 Å². The van der Waals surface area contributed by atoms with Crippen LogP contribution in [0, 0.1) is 11.6 Å². The lowest BCUT2D eigenvalue weighted by molar-refractivity contribution is -0.137. The topological polar surface area (TPSA) is 0 Å². The second-order valence-electron chi connectivity index (χ2n) is 3.79. The summed E-state index contributed by atoms with van der Waals surface area (Å²) in [6, 6.07) is 6.14. The summed E-state index contributed by atoms with van der Waals surface area (Å²) < 4.78 is 66.0. The maximum Gasteiger partial charge on any atom is 0.417 e. The molecule has 0 aliphatic heterocycles. The molecule has 6 heteroatoms. The maximum absolute atomic E-state index is 13.7. The van der Waals surface area contributed by atoms with E-state index in [9.17, 15) is 22.0 Å². The van der Waals surface area contributed by atoms with Crippen LogP contribution in [0.5, 0.6) is 0 Å². The van der Waals surface area contributed by atoms with E-state index in [4.69, 9.17) is 0 Å². The SMILES string of the molecule is Fc1cc(Br)cc(F)c1-c1ccccc1C(F)(F)F. The predicted molar refractivity (Wildman–Crippen MR) is 64.5 cm³/mol. The Morgan fingerprint density at radius 1 is 0.895 bits per heavy atom. The van der Waals surface area contributed by atoms with E-state index in [0.717, 1.165) is 24.3 Å². The van der Waals surface area contributed by atoms with Crippen LogP contribution in [0.1, 0.15) is 5.56 Å². The Kier molecular flexibility index (Phi) is 3.62. The van der Waals surface area contributed by atoms with E-state index in [-0.39, 0.29) is 4.47 Å². The number of benzene rings is 2. The van der Waals surface area contributed by atoms with Crippen molar-refractivity contribution >= 4 is 15.9 Å². The average Bonchev–Trinajstić information content (AvgIpc) is 2.26. The van der Waals surface area contributed by atoms with E-state index in [1.54, 1.807) is 0 Å². The monoisotopic (exact) mass is 336 g/mol. The van der Waals surface area contributed by atoms with Crippen LogP contribution in [0.15, 0.2) is 40.9 Å². The molecule has 0 amide bonds. The molecule has 0 aliphatic rings. The van der Waals surface area contributed by atoms with Gasteiger partial charge in [-0.2, -0.15) is 13.2 Å². The van der Waals surface area contributed by atoms with Gasteiger partial charge in [0.1, 0.15) is 11.6 Å². The highest BCUT2D eigenvalue weighted by molar-refractivity contribution is 9.10. The lowest BCUT2D eigenvalue weighted by Crippen LogP contribution is -2.08. The van der Waals surface area contributed by atoms with E-state index in [1.807, 2.05) is 0 Å². The second-order valence-corrected chi connectivity index (χ2v) is 4.70. The molecule has 2 rings (SSSR count). The van der Waals surface area contributed by atoms with E-state index >= 15 is 0 Å². The number of hydrogen-bond donors (Lipinski definition) is 0. The molecule has 0 fully saturated rings. The lowest BCUT2D eigenvalue weighted by Gasteiger charge is -2.14. The van der Waals surface area contributed by atoms with Gasteiger partial charge in [-0.05, 0) is 23.8 Å². The van der Waals surface area contributed by atoms with E-state index < -0.39 is 34.5 Å². The van der Waals surface area contributed by atoms with Crippen molar-refractivity contribution in [2.24, 2.45) is 0 Å². The minimum atomic E-state index is -4.68. The predicted octanol–water partition coefficient (Wildman–Crippen LogP) is 5.41. The van der Waals surface area contributed by atoms with Gasteiger partial charge < -0.3 is 0 Å². The Bertz CT molecular complexity index is 596. The summed E-state index contributed by atoms with van der Waals surface area (Å²) >= 11 is 2.88. The molecule has 0 saturated heterocycles. The molecule has 0 nitrogen and oxygen atoms in total. The highest BCUT2D eigenvalue weighted by atomic mass is 79.9. The highest BCUT2D eigenvalue weighted by Gasteiger charge is 2.34. The number of halogens is 6. The molecule has 0 N–H and O–H groups in total. The first-order valence-electron chi connectivity index (χ1n) is 5.12. The van der Waals surface area contributed by atoms with Crippen LogP contribution < -0.4 is 0 Å². The van der Waals surface area contributed by atoms with Crippen molar-refractivity contribution < 1.29 is 22.0 Å². The molecule has 0 heterocycles. The van der Waals surface area contributed by atoms with Gasteiger partial charge in [0.25, 0.3) is 0 Å². The highest BCUT2D eigenvalue weighted by Crippen LogP contribution is 2.39. The van der Waals surface area contributed by atoms with Crippen molar-refractivity contribution in [3.63, 3.8) is 0 Å². The molecular weight excluding hydrogens is 331 g/mol.